The van der Waals surface area contributed by atoms with Gasteiger partial charge in [-0.3, -0.25) is 4.90 Å². The van der Waals surface area contributed by atoms with Crippen molar-refractivity contribution in [3.63, 3.8) is 0 Å². The van der Waals surface area contributed by atoms with E-state index in [-0.39, 0.29) is 0 Å². The highest BCUT2D eigenvalue weighted by Crippen LogP contribution is 2.27. The van der Waals surface area contributed by atoms with Crippen LogP contribution >= 0.6 is 15.9 Å². The second-order valence-electron chi connectivity index (χ2n) is 5.47. The number of ether oxygens (including phenoxy) is 1. The maximum atomic E-state index is 6.03. The fraction of sp³-hybridized carbons (Fsp3) is 0.600. The van der Waals surface area contributed by atoms with E-state index in [2.05, 4.69) is 39.9 Å². The number of hydrogen-bond acceptors (Lipinski definition) is 3. The van der Waals surface area contributed by atoms with Gasteiger partial charge in [0.1, 0.15) is 5.75 Å². The first-order chi connectivity index (χ1) is 9.10. The molecule has 1 aromatic rings. The molecule has 3 nitrogen and oxygen atoms in total. The summed E-state index contributed by atoms with van der Waals surface area (Å²) in [4.78, 5) is 2.51. The molecule has 0 bridgehead atoms. The van der Waals surface area contributed by atoms with E-state index >= 15 is 0 Å². The minimum atomic E-state index is 0.297. The molecule has 1 saturated heterocycles. The van der Waals surface area contributed by atoms with Gasteiger partial charge in [-0.15, -0.1) is 0 Å². The van der Waals surface area contributed by atoms with Crippen LogP contribution in [0.1, 0.15) is 25.3 Å². The first-order valence-electron chi connectivity index (χ1n) is 6.90. The van der Waals surface area contributed by atoms with E-state index in [0.717, 1.165) is 23.3 Å². The molecule has 1 heterocycles. The number of methoxy groups -OCH3 is 1. The Balaban J connectivity index is 1.98. The molecule has 0 amide bonds. The van der Waals surface area contributed by atoms with Gasteiger partial charge in [0.25, 0.3) is 0 Å². The Labute approximate surface area is 124 Å². The number of nitrogens with zero attached hydrogens (tertiary/aromatic N) is 1. The van der Waals surface area contributed by atoms with Gasteiger partial charge in [0.05, 0.1) is 11.6 Å². The molecule has 0 saturated carbocycles. The summed E-state index contributed by atoms with van der Waals surface area (Å²) in [6.07, 6.45) is 2.52. The second-order valence-corrected chi connectivity index (χ2v) is 6.32. The predicted molar refractivity (Wildman–Crippen MR) is 82.3 cm³/mol. The normalized spacial score (nSPS) is 22.2. The summed E-state index contributed by atoms with van der Waals surface area (Å²) in [7, 11) is 1.69. The highest BCUT2D eigenvalue weighted by atomic mass is 79.9. The van der Waals surface area contributed by atoms with Crippen LogP contribution in [0.5, 0.6) is 5.75 Å². The maximum Gasteiger partial charge on any atom is 0.133 e. The monoisotopic (exact) mass is 326 g/mol. The molecule has 1 aromatic carbocycles. The molecule has 2 rings (SSSR count). The van der Waals surface area contributed by atoms with Crippen molar-refractivity contribution >= 4 is 15.9 Å². The lowest BCUT2D eigenvalue weighted by atomic mass is 9.92. The summed E-state index contributed by atoms with van der Waals surface area (Å²) in [6, 6.07) is 6.60. The zero-order valence-corrected chi connectivity index (χ0v) is 13.3. The topological polar surface area (TPSA) is 38.5 Å². The van der Waals surface area contributed by atoms with Gasteiger partial charge in [-0.2, -0.15) is 0 Å². The van der Waals surface area contributed by atoms with Gasteiger partial charge < -0.3 is 10.5 Å². The smallest absolute Gasteiger partial charge is 0.133 e. The number of nitrogens with two attached hydrogens (primary N) is 1. The fourth-order valence-corrected chi connectivity index (χ4v) is 3.32. The molecule has 2 N–H and O–H groups in total. The highest BCUT2D eigenvalue weighted by Gasteiger charge is 2.22. The molecule has 2 atom stereocenters. The average molecular weight is 327 g/mol. The van der Waals surface area contributed by atoms with Crippen LogP contribution in [0.15, 0.2) is 22.7 Å². The first kappa shape index (κ1) is 14.8. The lowest BCUT2D eigenvalue weighted by Crippen LogP contribution is -2.41. The maximum absolute atomic E-state index is 6.03. The molecule has 0 aromatic heterocycles. The molecule has 19 heavy (non-hydrogen) atoms. The molecule has 1 fully saturated rings. The molecule has 4 heteroatoms. The Morgan fingerprint density at radius 2 is 2.32 bits per heavy atom. The second kappa shape index (κ2) is 6.73. The van der Waals surface area contributed by atoms with Crippen molar-refractivity contribution in [2.24, 2.45) is 11.7 Å². The summed E-state index contributed by atoms with van der Waals surface area (Å²) >= 11 is 3.54. The van der Waals surface area contributed by atoms with E-state index < -0.39 is 0 Å². The Morgan fingerprint density at radius 1 is 1.53 bits per heavy atom. The Bertz CT molecular complexity index is 423. The third-order valence-electron chi connectivity index (χ3n) is 3.91. The minimum Gasteiger partial charge on any atom is -0.496 e. The molecule has 0 aliphatic carbocycles. The van der Waals surface area contributed by atoms with E-state index in [0.29, 0.717) is 12.0 Å². The van der Waals surface area contributed by atoms with Crippen molar-refractivity contribution < 1.29 is 4.74 Å². The lowest BCUT2D eigenvalue weighted by Gasteiger charge is -2.34. The number of rotatable bonds is 4. The summed E-state index contributed by atoms with van der Waals surface area (Å²) < 4.78 is 6.28. The summed E-state index contributed by atoms with van der Waals surface area (Å²) in [5.41, 5.74) is 7.35. The van der Waals surface area contributed by atoms with Crippen LogP contribution in [0.3, 0.4) is 0 Å². The van der Waals surface area contributed by atoms with Crippen LogP contribution in [0, 0.1) is 5.92 Å². The van der Waals surface area contributed by atoms with E-state index in [9.17, 15) is 0 Å². The molecule has 1 aliphatic rings. The van der Waals surface area contributed by atoms with Crippen LogP contribution in [-0.4, -0.2) is 31.1 Å². The summed E-state index contributed by atoms with van der Waals surface area (Å²) in [5.74, 6) is 1.52. The molecular formula is C15H23BrN2O. The van der Waals surface area contributed by atoms with E-state index in [1.165, 1.54) is 24.9 Å². The van der Waals surface area contributed by atoms with E-state index in [1.54, 1.807) is 7.11 Å². The van der Waals surface area contributed by atoms with Crippen molar-refractivity contribution in [1.82, 2.24) is 4.90 Å². The number of benzene rings is 1. The number of halogens is 1. The SMILES string of the molecule is COc1ccc(CN2CCCC(C(C)N)C2)cc1Br. The summed E-state index contributed by atoms with van der Waals surface area (Å²) in [5, 5.41) is 0. The number of piperidine rings is 1. The molecule has 106 valence electrons. The first-order valence-corrected chi connectivity index (χ1v) is 7.70. The van der Waals surface area contributed by atoms with Crippen LogP contribution in [0.4, 0.5) is 0 Å². The molecule has 0 spiro atoms. The van der Waals surface area contributed by atoms with Gasteiger partial charge in [-0.25, -0.2) is 0 Å². The van der Waals surface area contributed by atoms with Gasteiger partial charge in [0.15, 0.2) is 0 Å². The van der Waals surface area contributed by atoms with Crippen molar-refractivity contribution in [3.05, 3.63) is 28.2 Å². The Kier molecular flexibility index (Phi) is 5.25. The quantitative estimate of drug-likeness (QED) is 0.924. The Hall–Kier alpha value is -0.580. The van der Waals surface area contributed by atoms with Crippen molar-refractivity contribution in [1.29, 1.82) is 0 Å². The standard InChI is InChI=1S/C15H23BrN2O/c1-11(17)13-4-3-7-18(10-13)9-12-5-6-15(19-2)14(16)8-12/h5-6,8,11,13H,3-4,7,9-10,17H2,1-2H3. The predicted octanol–water partition coefficient (Wildman–Crippen LogP) is 3.02. The molecule has 1 aliphatic heterocycles. The van der Waals surface area contributed by atoms with Crippen LogP contribution in [0.25, 0.3) is 0 Å². The minimum absolute atomic E-state index is 0.297. The van der Waals surface area contributed by atoms with E-state index in [1.807, 2.05) is 6.07 Å². The van der Waals surface area contributed by atoms with Gasteiger partial charge in [-0.05, 0) is 65.9 Å². The highest BCUT2D eigenvalue weighted by molar-refractivity contribution is 9.10. The number of likely N-dealkylation sites (tertiary alicyclic amines) is 1. The third-order valence-corrected chi connectivity index (χ3v) is 4.53. The molecular weight excluding hydrogens is 304 g/mol. The van der Waals surface area contributed by atoms with Crippen LogP contribution in [0.2, 0.25) is 0 Å². The fourth-order valence-electron chi connectivity index (χ4n) is 2.73. The Morgan fingerprint density at radius 3 is 2.95 bits per heavy atom. The van der Waals surface area contributed by atoms with Crippen molar-refractivity contribution in [2.75, 3.05) is 20.2 Å². The number of hydrogen-bond donors (Lipinski definition) is 1. The van der Waals surface area contributed by atoms with Crippen molar-refractivity contribution in [2.45, 2.75) is 32.4 Å². The average Bonchev–Trinajstić information content (AvgIpc) is 2.39. The van der Waals surface area contributed by atoms with Crippen LogP contribution in [-0.2, 0) is 6.54 Å². The van der Waals surface area contributed by atoms with Gasteiger partial charge in [-0.1, -0.05) is 6.07 Å². The van der Waals surface area contributed by atoms with Crippen molar-refractivity contribution in [3.8, 4) is 5.75 Å². The zero-order chi connectivity index (χ0) is 13.8. The molecule has 0 radical (unpaired) electrons. The third kappa shape index (κ3) is 3.94. The van der Waals surface area contributed by atoms with Gasteiger partial charge >= 0.3 is 0 Å². The largest absolute Gasteiger partial charge is 0.496 e. The molecule has 2 unspecified atom stereocenters. The van der Waals surface area contributed by atoms with Crippen LogP contribution < -0.4 is 10.5 Å². The van der Waals surface area contributed by atoms with Gasteiger partial charge in [0.2, 0.25) is 0 Å². The lowest BCUT2D eigenvalue weighted by molar-refractivity contribution is 0.154. The van der Waals surface area contributed by atoms with E-state index in [4.69, 9.17) is 10.5 Å². The zero-order valence-electron chi connectivity index (χ0n) is 11.7. The summed E-state index contributed by atoms with van der Waals surface area (Å²) in [6.45, 7) is 5.40. The van der Waals surface area contributed by atoms with Gasteiger partial charge in [0, 0.05) is 19.1 Å².